The summed E-state index contributed by atoms with van der Waals surface area (Å²) >= 11 is 0. The van der Waals surface area contributed by atoms with Crippen LogP contribution in [0.1, 0.15) is 39.2 Å². The van der Waals surface area contributed by atoms with Gasteiger partial charge in [-0.15, -0.1) is 0 Å². The Balaban J connectivity index is 1.89. The van der Waals surface area contributed by atoms with Gasteiger partial charge >= 0.3 is 0 Å². The van der Waals surface area contributed by atoms with Crippen LogP contribution in [0.15, 0.2) is 24.3 Å². The summed E-state index contributed by atoms with van der Waals surface area (Å²) in [5.41, 5.74) is 2.70. The van der Waals surface area contributed by atoms with E-state index >= 15 is 0 Å². The normalized spacial score (nSPS) is 17.3. The van der Waals surface area contributed by atoms with Gasteiger partial charge in [-0.3, -0.25) is 4.90 Å². The fourth-order valence-corrected chi connectivity index (χ4v) is 3.09. The molecule has 0 bridgehead atoms. The number of hydrogen-bond acceptors (Lipinski definition) is 3. The van der Waals surface area contributed by atoms with Crippen LogP contribution in [-0.4, -0.2) is 48.6 Å². The lowest BCUT2D eigenvalue weighted by Gasteiger charge is -2.32. The molecule has 21 heavy (non-hydrogen) atoms. The van der Waals surface area contributed by atoms with Gasteiger partial charge in [0.15, 0.2) is 0 Å². The van der Waals surface area contributed by atoms with Gasteiger partial charge in [-0.05, 0) is 50.2 Å². The third kappa shape index (κ3) is 5.01. The first-order valence-electron chi connectivity index (χ1n) is 8.55. The van der Waals surface area contributed by atoms with Gasteiger partial charge in [-0.1, -0.05) is 32.9 Å². The van der Waals surface area contributed by atoms with E-state index in [2.05, 4.69) is 60.2 Å². The van der Waals surface area contributed by atoms with Crippen LogP contribution >= 0.6 is 0 Å². The van der Waals surface area contributed by atoms with Crippen LogP contribution in [0, 0.1) is 0 Å². The molecule has 0 aromatic heterocycles. The zero-order chi connectivity index (χ0) is 15.1. The van der Waals surface area contributed by atoms with Gasteiger partial charge in [0.2, 0.25) is 0 Å². The standard InChI is InChI=1S/C18H31N3/c1-4-20(5-2)15-16-8-7-9-18(14-16)19-17-10-12-21(6-3)13-11-17/h7-9,14,17,19H,4-6,10-13,15H2,1-3H3. The molecule has 0 spiro atoms. The maximum Gasteiger partial charge on any atom is 0.0345 e. The second-order valence-corrected chi connectivity index (χ2v) is 6.01. The van der Waals surface area contributed by atoms with Crippen LogP contribution in [0.3, 0.4) is 0 Å². The lowest BCUT2D eigenvalue weighted by Crippen LogP contribution is -2.38. The van der Waals surface area contributed by atoms with Crippen LogP contribution in [0.2, 0.25) is 0 Å². The summed E-state index contributed by atoms with van der Waals surface area (Å²) < 4.78 is 0. The molecule has 1 fully saturated rings. The summed E-state index contributed by atoms with van der Waals surface area (Å²) in [5.74, 6) is 0. The number of hydrogen-bond donors (Lipinski definition) is 1. The number of nitrogens with one attached hydrogen (secondary N) is 1. The largest absolute Gasteiger partial charge is 0.382 e. The average molecular weight is 289 g/mol. The van der Waals surface area contributed by atoms with E-state index in [-0.39, 0.29) is 0 Å². The molecule has 1 N–H and O–H groups in total. The smallest absolute Gasteiger partial charge is 0.0345 e. The molecular formula is C18H31N3. The van der Waals surface area contributed by atoms with Gasteiger partial charge in [0.1, 0.15) is 0 Å². The van der Waals surface area contributed by atoms with Crippen LogP contribution in [0.25, 0.3) is 0 Å². The van der Waals surface area contributed by atoms with Crippen molar-refractivity contribution in [1.29, 1.82) is 0 Å². The van der Waals surface area contributed by atoms with E-state index in [4.69, 9.17) is 0 Å². The minimum Gasteiger partial charge on any atom is -0.382 e. The number of anilines is 1. The summed E-state index contributed by atoms with van der Waals surface area (Å²) in [6.07, 6.45) is 2.52. The van der Waals surface area contributed by atoms with Gasteiger partial charge in [-0.25, -0.2) is 0 Å². The zero-order valence-electron chi connectivity index (χ0n) is 13.9. The molecule has 3 heteroatoms. The molecule has 0 atom stereocenters. The molecular weight excluding hydrogens is 258 g/mol. The molecule has 0 amide bonds. The highest BCUT2D eigenvalue weighted by Gasteiger charge is 2.17. The number of benzene rings is 1. The molecule has 1 aromatic carbocycles. The molecule has 0 saturated carbocycles. The van der Waals surface area contributed by atoms with E-state index in [1.807, 2.05) is 0 Å². The van der Waals surface area contributed by atoms with Crippen molar-refractivity contribution in [2.24, 2.45) is 0 Å². The van der Waals surface area contributed by atoms with E-state index in [0.717, 1.165) is 19.6 Å². The molecule has 1 heterocycles. The summed E-state index contributed by atoms with van der Waals surface area (Å²) in [5, 5.41) is 3.73. The van der Waals surface area contributed by atoms with Crippen molar-refractivity contribution in [2.75, 3.05) is 38.0 Å². The molecule has 0 aliphatic carbocycles. The van der Waals surface area contributed by atoms with E-state index in [1.165, 1.54) is 43.7 Å². The average Bonchev–Trinajstić information content (AvgIpc) is 2.53. The van der Waals surface area contributed by atoms with Crippen LogP contribution in [-0.2, 0) is 6.54 Å². The van der Waals surface area contributed by atoms with Crippen molar-refractivity contribution in [1.82, 2.24) is 9.80 Å². The number of nitrogens with zero attached hydrogens (tertiary/aromatic N) is 2. The first kappa shape index (κ1) is 16.3. The van der Waals surface area contributed by atoms with Crippen LogP contribution in [0.4, 0.5) is 5.69 Å². The van der Waals surface area contributed by atoms with Crippen LogP contribution < -0.4 is 5.32 Å². The van der Waals surface area contributed by atoms with Gasteiger partial charge in [-0.2, -0.15) is 0 Å². The van der Waals surface area contributed by atoms with Crippen molar-refractivity contribution >= 4 is 5.69 Å². The maximum absolute atomic E-state index is 3.73. The Morgan fingerprint density at radius 1 is 1.14 bits per heavy atom. The highest BCUT2D eigenvalue weighted by molar-refractivity contribution is 5.46. The van der Waals surface area contributed by atoms with Gasteiger partial charge in [0.25, 0.3) is 0 Å². The predicted octanol–water partition coefficient (Wildman–Crippen LogP) is 3.42. The number of rotatable bonds is 7. The Morgan fingerprint density at radius 3 is 2.48 bits per heavy atom. The lowest BCUT2D eigenvalue weighted by molar-refractivity contribution is 0.229. The lowest BCUT2D eigenvalue weighted by atomic mass is 10.0. The molecule has 0 unspecified atom stereocenters. The molecule has 2 rings (SSSR count). The van der Waals surface area contributed by atoms with Crippen molar-refractivity contribution in [3.8, 4) is 0 Å². The summed E-state index contributed by atoms with van der Waals surface area (Å²) in [6.45, 7) is 13.6. The van der Waals surface area contributed by atoms with Gasteiger partial charge in [0.05, 0.1) is 0 Å². The van der Waals surface area contributed by atoms with E-state index < -0.39 is 0 Å². The van der Waals surface area contributed by atoms with Gasteiger partial charge in [0, 0.05) is 31.4 Å². The predicted molar refractivity (Wildman–Crippen MR) is 91.8 cm³/mol. The molecule has 1 aliphatic rings. The molecule has 1 saturated heterocycles. The van der Waals surface area contributed by atoms with Gasteiger partial charge < -0.3 is 10.2 Å². The Hall–Kier alpha value is -1.06. The first-order valence-corrected chi connectivity index (χ1v) is 8.55. The van der Waals surface area contributed by atoms with Crippen molar-refractivity contribution in [3.63, 3.8) is 0 Å². The minimum atomic E-state index is 0.636. The Morgan fingerprint density at radius 2 is 1.86 bits per heavy atom. The molecule has 1 aromatic rings. The van der Waals surface area contributed by atoms with Crippen molar-refractivity contribution < 1.29 is 0 Å². The summed E-state index contributed by atoms with van der Waals surface area (Å²) in [6, 6.07) is 9.59. The third-order valence-electron chi connectivity index (χ3n) is 4.63. The number of likely N-dealkylation sites (tertiary alicyclic amines) is 1. The van der Waals surface area contributed by atoms with Crippen molar-refractivity contribution in [3.05, 3.63) is 29.8 Å². The van der Waals surface area contributed by atoms with Crippen molar-refractivity contribution in [2.45, 2.75) is 46.2 Å². The first-order chi connectivity index (χ1) is 10.2. The monoisotopic (exact) mass is 289 g/mol. The van der Waals surface area contributed by atoms with E-state index in [9.17, 15) is 0 Å². The van der Waals surface area contributed by atoms with E-state index in [1.54, 1.807) is 0 Å². The quantitative estimate of drug-likeness (QED) is 0.829. The fraction of sp³-hybridized carbons (Fsp3) is 0.667. The van der Waals surface area contributed by atoms with Crippen LogP contribution in [0.5, 0.6) is 0 Å². The molecule has 0 radical (unpaired) electrons. The Kier molecular flexibility index (Phi) is 6.52. The highest BCUT2D eigenvalue weighted by atomic mass is 15.1. The molecule has 3 nitrogen and oxygen atoms in total. The second-order valence-electron chi connectivity index (χ2n) is 6.01. The minimum absolute atomic E-state index is 0.636. The summed E-state index contributed by atoms with van der Waals surface area (Å²) in [7, 11) is 0. The Labute approximate surface area is 130 Å². The Bertz CT molecular complexity index is 407. The zero-order valence-corrected chi connectivity index (χ0v) is 13.9. The van der Waals surface area contributed by atoms with E-state index in [0.29, 0.717) is 6.04 Å². The molecule has 1 aliphatic heterocycles. The highest BCUT2D eigenvalue weighted by Crippen LogP contribution is 2.18. The second kappa shape index (κ2) is 8.40. The molecule has 118 valence electrons. The fourth-order valence-electron chi connectivity index (χ4n) is 3.09. The number of piperidine rings is 1. The topological polar surface area (TPSA) is 18.5 Å². The SMILES string of the molecule is CCN1CCC(Nc2cccc(CN(CC)CC)c2)CC1. The summed E-state index contributed by atoms with van der Waals surface area (Å²) in [4.78, 5) is 4.99. The maximum atomic E-state index is 3.73. The third-order valence-corrected chi connectivity index (χ3v) is 4.63.